The van der Waals surface area contributed by atoms with E-state index in [-0.39, 0.29) is 36.4 Å². The van der Waals surface area contributed by atoms with Gasteiger partial charge in [0, 0.05) is 29.7 Å². The zero-order valence-corrected chi connectivity index (χ0v) is 65.3. The van der Waals surface area contributed by atoms with Crippen molar-refractivity contribution < 1.29 is 63.1 Å². The van der Waals surface area contributed by atoms with Gasteiger partial charge in [0.25, 0.3) is 0 Å². The largest absolute Gasteiger partial charge is 0.394 e. The van der Waals surface area contributed by atoms with Crippen LogP contribution in [-0.4, -0.2) is 123 Å². The Hall–Kier alpha value is -8.69. The lowest BCUT2D eigenvalue weighted by molar-refractivity contribution is -0.282. The van der Waals surface area contributed by atoms with Crippen LogP contribution in [0.1, 0.15) is 119 Å². The average molecular weight is 1530 g/mol. The predicted molar refractivity (Wildman–Crippen MR) is 440 cm³/mol. The second-order valence-electron chi connectivity index (χ2n) is 29.4. The minimum atomic E-state index is -1.38. The smallest absolute Gasteiger partial charge is 0.163 e. The van der Waals surface area contributed by atoms with Gasteiger partial charge in [0.1, 0.15) is 61.0 Å². The maximum Gasteiger partial charge on any atom is 0.163 e. The Balaban J connectivity index is 0.000000155. The zero-order chi connectivity index (χ0) is 77.6. The SMILES string of the molecule is CC[C@H]1O[C@H](Cl)[C@H](OCc2ccccc2)[C@@H](OCc2ccccc2)[C@@H]1OCc1ccccc1.CCc1ccc(CC2CN([C@@H]3O[C@H](CO)[C@@H](O)[C@H](O)[C@H]3O)c3ccccc32)cc1.CCc1ccc(Cc2cn(C3O[C@H](CC)[C@@H](OCc4ccccc4)[C@H](OCc4ccccc4)[C@H]3OCc3ccccc3)c3ccccc23)cc1. The summed E-state index contributed by atoms with van der Waals surface area (Å²) in [6, 6.07) is 95.6. The number of anilines is 1. The zero-order valence-electron chi connectivity index (χ0n) is 64.5. The molecule has 0 spiro atoms. The summed E-state index contributed by atoms with van der Waals surface area (Å²) in [4.78, 5) is 1.95. The Bertz CT molecular complexity index is 4550. The third-order valence-corrected chi connectivity index (χ3v) is 22.2. The molecule has 0 radical (unpaired) electrons. The van der Waals surface area contributed by atoms with Crippen LogP contribution in [0.15, 0.2) is 285 Å². The number of rotatable bonds is 29. The number of hydrogen-bond acceptors (Lipinski definition) is 14. The molecule has 4 N–H and O–H groups in total. The number of fused-ring (bicyclic) bond motifs is 2. The van der Waals surface area contributed by atoms with Gasteiger partial charge in [-0.3, -0.25) is 0 Å². The number of aliphatic hydroxyl groups is 4. The van der Waals surface area contributed by atoms with Gasteiger partial charge in [-0.25, -0.2) is 0 Å². The quantitative estimate of drug-likeness (QED) is 0.0326. The predicted octanol–water partition coefficient (Wildman–Crippen LogP) is 17.2. The first-order valence-electron chi connectivity index (χ1n) is 39.8. The van der Waals surface area contributed by atoms with Crippen molar-refractivity contribution in [3.63, 3.8) is 0 Å². The molecule has 2 unspecified atom stereocenters. The van der Waals surface area contributed by atoms with Gasteiger partial charge in [0.15, 0.2) is 18.0 Å². The molecule has 15 nitrogen and oxygen atoms in total. The first kappa shape index (κ1) is 81.3. The molecule has 112 heavy (non-hydrogen) atoms. The molecule has 0 bridgehead atoms. The van der Waals surface area contributed by atoms with Crippen LogP contribution in [0.5, 0.6) is 0 Å². The molecule has 0 aliphatic carbocycles. The summed E-state index contributed by atoms with van der Waals surface area (Å²) in [5, 5.41) is 41.6. The Morgan fingerprint density at radius 3 is 1.21 bits per heavy atom. The first-order chi connectivity index (χ1) is 55.0. The molecule has 0 saturated carbocycles. The van der Waals surface area contributed by atoms with Crippen LogP contribution in [0, 0.1) is 0 Å². The lowest BCUT2D eigenvalue weighted by Gasteiger charge is -2.46. The first-order valence-corrected chi connectivity index (χ1v) is 40.2. The van der Waals surface area contributed by atoms with Crippen LogP contribution in [-0.2, 0) is 108 Å². The van der Waals surface area contributed by atoms with Crippen molar-refractivity contribution in [3.8, 4) is 0 Å². The minimum absolute atomic E-state index is 0.187. The van der Waals surface area contributed by atoms with E-state index in [0.717, 1.165) is 83.1 Å². The van der Waals surface area contributed by atoms with E-state index in [1.54, 1.807) is 0 Å². The van der Waals surface area contributed by atoms with Gasteiger partial charge in [-0.15, -0.1) is 0 Å². The summed E-state index contributed by atoms with van der Waals surface area (Å²) >= 11 is 6.70. The number of ether oxygens (including phenoxy) is 9. The number of halogens is 1. The summed E-state index contributed by atoms with van der Waals surface area (Å²) in [5.74, 6) is 0.214. The van der Waals surface area contributed by atoms with E-state index in [1.165, 1.54) is 38.8 Å². The maximum atomic E-state index is 10.6. The van der Waals surface area contributed by atoms with E-state index in [9.17, 15) is 20.4 Å². The molecule has 3 saturated heterocycles. The lowest BCUT2D eigenvalue weighted by atomic mass is 9.93. The highest BCUT2D eigenvalue weighted by Crippen LogP contribution is 2.43. The molecule has 4 aliphatic rings. The van der Waals surface area contributed by atoms with Crippen LogP contribution in [0.2, 0.25) is 0 Å². The van der Waals surface area contributed by atoms with Crippen LogP contribution >= 0.6 is 11.6 Å². The second kappa shape index (κ2) is 40.9. The van der Waals surface area contributed by atoms with Gasteiger partial charge in [-0.1, -0.05) is 306 Å². The van der Waals surface area contributed by atoms with Crippen LogP contribution < -0.4 is 4.90 Å². The third kappa shape index (κ3) is 20.8. The van der Waals surface area contributed by atoms with E-state index in [2.05, 4.69) is 202 Å². The molecular weight excluding hydrogens is 1420 g/mol. The molecule has 586 valence electrons. The molecule has 16 atom stereocenters. The maximum absolute atomic E-state index is 10.6. The fourth-order valence-electron chi connectivity index (χ4n) is 15.6. The van der Waals surface area contributed by atoms with Gasteiger partial charge in [-0.05, 0) is 117 Å². The van der Waals surface area contributed by atoms with E-state index < -0.39 is 67.4 Å². The normalized spacial score (nSPS) is 24.8. The van der Waals surface area contributed by atoms with Crippen molar-refractivity contribution in [2.24, 2.45) is 0 Å². The third-order valence-electron chi connectivity index (χ3n) is 21.8. The van der Waals surface area contributed by atoms with Crippen molar-refractivity contribution in [1.29, 1.82) is 0 Å². The molecule has 11 aromatic rings. The highest BCUT2D eigenvalue weighted by atomic mass is 35.5. The molecular formula is C96H107ClN2O13. The van der Waals surface area contributed by atoms with E-state index in [0.29, 0.717) is 46.2 Å². The molecule has 15 rings (SSSR count). The van der Waals surface area contributed by atoms with Crippen molar-refractivity contribution in [2.45, 2.75) is 203 Å². The van der Waals surface area contributed by atoms with Crippen LogP contribution in [0.3, 0.4) is 0 Å². The topological polar surface area (TPSA) is 172 Å². The Labute approximate surface area is 665 Å². The summed E-state index contributed by atoms with van der Waals surface area (Å²) in [7, 11) is 0. The minimum Gasteiger partial charge on any atom is -0.394 e. The van der Waals surface area contributed by atoms with Crippen molar-refractivity contribution >= 4 is 28.2 Å². The van der Waals surface area contributed by atoms with Crippen molar-refractivity contribution in [1.82, 2.24) is 4.57 Å². The van der Waals surface area contributed by atoms with Crippen molar-refractivity contribution in [3.05, 3.63) is 352 Å². The van der Waals surface area contributed by atoms with Gasteiger partial charge >= 0.3 is 0 Å². The monoisotopic (exact) mass is 1530 g/mol. The molecule has 4 aliphatic heterocycles. The van der Waals surface area contributed by atoms with Gasteiger partial charge < -0.3 is 72.5 Å². The Morgan fingerprint density at radius 2 is 0.750 bits per heavy atom. The molecule has 10 aromatic carbocycles. The molecule has 1 aromatic heterocycles. The van der Waals surface area contributed by atoms with E-state index in [4.69, 9.17) is 54.2 Å². The number of aliphatic hydroxyl groups excluding tert-OH is 4. The number of alkyl halides is 1. The summed E-state index contributed by atoms with van der Waals surface area (Å²) in [6.07, 6.45) is -1.44. The standard InChI is InChI=1S/C45H47NO4.C28H31ClO4.C23H29NO5/c1-3-33-24-26-34(27-25-33)28-38-29-46(40-23-15-14-22-39(38)40)45-44(49-32-37-20-12-7-13-21-37)43(48-31-36-18-10-6-11-19-36)42(41(4-2)50-45)47-30-35-16-8-5-9-17-35;1-2-24-25(30-18-21-12-6-3-7-13-21)26(31-19-22-14-8-4-9-15-22)27(28(29)33-24)32-20-23-16-10-5-11-17-23;1-2-14-7-9-15(10-8-14)11-16-12-24(18-6-4-3-5-17(16)18)23-22(28)21(27)20(26)19(13-25)29-23/h5-27,29,41-45H,3-4,28,30-32H2,1-2H3;3-17,24-28H,2,18-20H2,1H3;3-10,16,19-23,25-28H,2,11-13H2,1H3/t41-,42-,43+,44-,45?;24-,25-,26+,27-,28+;16?,19-,20-,21+,22-,23-/m111/s1. The summed E-state index contributed by atoms with van der Waals surface area (Å²) in [5.41, 5.74) is 15.6. The van der Waals surface area contributed by atoms with Gasteiger partial charge in [-0.2, -0.15) is 0 Å². The van der Waals surface area contributed by atoms with E-state index >= 15 is 0 Å². The number of nitrogens with zero attached hydrogens (tertiary/aromatic N) is 2. The fraction of sp³-hybridized carbons (Fsp3) is 0.354. The highest BCUT2D eigenvalue weighted by Gasteiger charge is 2.51. The van der Waals surface area contributed by atoms with Crippen LogP contribution in [0.25, 0.3) is 10.9 Å². The lowest BCUT2D eigenvalue weighted by Crippen LogP contribution is -2.63. The summed E-state index contributed by atoms with van der Waals surface area (Å²) < 4.78 is 61.3. The van der Waals surface area contributed by atoms with E-state index in [1.807, 2.05) is 120 Å². The Kier molecular flexibility index (Phi) is 29.7. The van der Waals surface area contributed by atoms with Crippen LogP contribution in [0.4, 0.5) is 5.69 Å². The number of aromatic nitrogens is 1. The fourth-order valence-corrected chi connectivity index (χ4v) is 15.9. The number of para-hydroxylation sites is 2. The molecule has 0 amide bonds. The molecule has 3 fully saturated rings. The molecule has 16 heteroatoms. The number of hydrogen-bond donors (Lipinski definition) is 4. The Morgan fingerprint density at radius 1 is 0.366 bits per heavy atom. The molecule has 5 heterocycles. The number of aryl methyl sites for hydroxylation is 2. The number of benzene rings is 10. The van der Waals surface area contributed by atoms with Crippen molar-refractivity contribution in [2.75, 3.05) is 18.1 Å². The van der Waals surface area contributed by atoms with Gasteiger partial charge in [0.05, 0.1) is 64.0 Å². The summed E-state index contributed by atoms with van der Waals surface area (Å²) in [6.45, 7) is 11.4. The second-order valence-corrected chi connectivity index (χ2v) is 29.8. The average Bonchev–Trinajstić information content (AvgIpc) is 1.73. The highest BCUT2D eigenvalue weighted by molar-refractivity contribution is 6.20. The van der Waals surface area contributed by atoms with Gasteiger partial charge in [0.2, 0.25) is 0 Å².